The Bertz CT molecular complexity index is 816. The Balaban J connectivity index is 1.73. The van der Waals surface area contributed by atoms with Crippen LogP contribution in [0.2, 0.25) is 10.0 Å². The maximum absolute atomic E-state index is 12.7. The first-order valence-electron chi connectivity index (χ1n) is 9.51. The van der Waals surface area contributed by atoms with Gasteiger partial charge in [-0.05, 0) is 54.5 Å². The van der Waals surface area contributed by atoms with Crippen molar-refractivity contribution < 1.29 is 9.53 Å². The van der Waals surface area contributed by atoms with Crippen LogP contribution in [0.25, 0.3) is 0 Å². The molecule has 28 heavy (non-hydrogen) atoms. The van der Waals surface area contributed by atoms with Gasteiger partial charge in [-0.1, -0.05) is 37.0 Å². The number of carbonyl (C=O) groups excluding carboxylic acids is 1. The Morgan fingerprint density at radius 2 is 1.86 bits per heavy atom. The van der Waals surface area contributed by atoms with Gasteiger partial charge in [-0.3, -0.25) is 4.79 Å². The molecule has 0 aliphatic carbocycles. The third-order valence-corrected chi connectivity index (χ3v) is 5.27. The highest BCUT2D eigenvalue weighted by Crippen LogP contribution is 2.27. The molecule has 0 radical (unpaired) electrons. The van der Waals surface area contributed by atoms with Crippen LogP contribution in [0.3, 0.4) is 0 Å². The van der Waals surface area contributed by atoms with Gasteiger partial charge >= 0.3 is 0 Å². The lowest BCUT2D eigenvalue weighted by Crippen LogP contribution is -2.32. The van der Waals surface area contributed by atoms with Gasteiger partial charge in [0.1, 0.15) is 5.82 Å². The number of ether oxygens (including phenoxy) is 1. The van der Waals surface area contributed by atoms with E-state index in [0.717, 1.165) is 37.3 Å². The lowest BCUT2D eigenvalue weighted by atomic mass is 9.97. The Hall–Kier alpha value is -1.82. The predicted octanol–water partition coefficient (Wildman–Crippen LogP) is 5.41. The number of rotatable bonds is 6. The molecule has 2 aromatic rings. The average Bonchev–Trinajstić information content (AvgIpc) is 2.66. The van der Waals surface area contributed by atoms with E-state index in [-0.39, 0.29) is 11.8 Å². The summed E-state index contributed by atoms with van der Waals surface area (Å²) in [7, 11) is 0. The van der Waals surface area contributed by atoms with Crippen LogP contribution in [0.15, 0.2) is 30.5 Å². The second kappa shape index (κ2) is 9.59. The van der Waals surface area contributed by atoms with Crippen LogP contribution in [-0.2, 0) is 4.74 Å². The minimum absolute atomic E-state index is 0.0833. The zero-order chi connectivity index (χ0) is 20.1. The third kappa shape index (κ3) is 5.60. The molecule has 1 saturated heterocycles. The molecule has 1 aliphatic rings. The molecule has 1 amide bonds. The van der Waals surface area contributed by atoms with Crippen LogP contribution in [-0.4, -0.2) is 30.6 Å². The minimum Gasteiger partial charge on any atom is -0.381 e. The predicted molar refractivity (Wildman–Crippen MR) is 114 cm³/mol. The molecule has 7 heteroatoms. The monoisotopic (exact) mass is 421 g/mol. The fourth-order valence-electron chi connectivity index (χ4n) is 3.26. The Morgan fingerprint density at radius 1 is 1.18 bits per heavy atom. The van der Waals surface area contributed by atoms with Gasteiger partial charge in [0, 0.05) is 41.7 Å². The van der Waals surface area contributed by atoms with E-state index in [0.29, 0.717) is 33.9 Å². The van der Waals surface area contributed by atoms with Gasteiger partial charge in [0.15, 0.2) is 0 Å². The molecular weight excluding hydrogens is 397 g/mol. The SMILES string of the molecule is CC(C)c1cc(Nc2cc(Cl)cc(Cl)c2)ncc1C(=O)NCC1CCOCC1. The molecule has 0 spiro atoms. The van der Waals surface area contributed by atoms with Crippen molar-refractivity contribution in [2.75, 3.05) is 25.1 Å². The first-order valence-corrected chi connectivity index (χ1v) is 10.3. The number of anilines is 2. The summed E-state index contributed by atoms with van der Waals surface area (Å²) in [5, 5.41) is 7.35. The van der Waals surface area contributed by atoms with Crippen molar-refractivity contribution in [3.8, 4) is 0 Å². The summed E-state index contributed by atoms with van der Waals surface area (Å²) in [6.45, 7) is 6.33. The normalized spacial score (nSPS) is 14.9. The topological polar surface area (TPSA) is 63.2 Å². The van der Waals surface area contributed by atoms with Crippen LogP contribution in [0.1, 0.15) is 48.5 Å². The van der Waals surface area contributed by atoms with Crippen LogP contribution in [0.5, 0.6) is 0 Å². The van der Waals surface area contributed by atoms with E-state index in [4.69, 9.17) is 27.9 Å². The van der Waals surface area contributed by atoms with Crippen LogP contribution < -0.4 is 10.6 Å². The van der Waals surface area contributed by atoms with Crippen molar-refractivity contribution in [1.29, 1.82) is 0 Å². The van der Waals surface area contributed by atoms with E-state index in [1.165, 1.54) is 0 Å². The molecule has 5 nitrogen and oxygen atoms in total. The highest BCUT2D eigenvalue weighted by atomic mass is 35.5. The molecule has 3 rings (SSSR count). The maximum Gasteiger partial charge on any atom is 0.253 e. The number of hydrogen-bond donors (Lipinski definition) is 2. The quantitative estimate of drug-likeness (QED) is 0.653. The summed E-state index contributed by atoms with van der Waals surface area (Å²) in [6, 6.07) is 7.13. The van der Waals surface area contributed by atoms with Gasteiger partial charge in [-0.2, -0.15) is 0 Å². The fraction of sp³-hybridized carbons (Fsp3) is 0.429. The Labute approximate surface area is 175 Å². The Morgan fingerprint density at radius 3 is 2.50 bits per heavy atom. The first kappa shape index (κ1) is 20.9. The zero-order valence-electron chi connectivity index (χ0n) is 16.1. The van der Waals surface area contributed by atoms with Gasteiger partial charge in [0.25, 0.3) is 5.91 Å². The van der Waals surface area contributed by atoms with Crippen LogP contribution >= 0.6 is 23.2 Å². The van der Waals surface area contributed by atoms with E-state index in [2.05, 4.69) is 29.5 Å². The number of aromatic nitrogens is 1. The number of amides is 1. The van der Waals surface area contributed by atoms with Crippen molar-refractivity contribution in [3.05, 3.63) is 51.6 Å². The number of nitrogens with zero attached hydrogens (tertiary/aromatic N) is 1. The van der Waals surface area contributed by atoms with Gasteiger partial charge < -0.3 is 15.4 Å². The molecule has 2 N–H and O–H groups in total. The van der Waals surface area contributed by atoms with Crippen molar-refractivity contribution >= 4 is 40.6 Å². The smallest absolute Gasteiger partial charge is 0.253 e. The molecule has 1 fully saturated rings. The molecule has 0 saturated carbocycles. The van der Waals surface area contributed by atoms with Gasteiger partial charge in [0.2, 0.25) is 0 Å². The lowest BCUT2D eigenvalue weighted by molar-refractivity contribution is 0.0642. The van der Waals surface area contributed by atoms with Crippen molar-refractivity contribution in [2.45, 2.75) is 32.6 Å². The molecular formula is C21H25Cl2N3O2. The third-order valence-electron chi connectivity index (χ3n) is 4.83. The summed E-state index contributed by atoms with van der Waals surface area (Å²) in [6.07, 6.45) is 3.60. The zero-order valence-corrected chi connectivity index (χ0v) is 17.6. The van der Waals surface area contributed by atoms with Crippen molar-refractivity contribution in [1.82, 2.24) is 10.3 Å². The van der Waals surface area contributed by atoms with Crippen molar-refractivity contribution in [2.24, 2.45) is 5.92 Å². The average molecular weight is 422 g/mol. The summed E-state index contributed by atoms with van der Waals surface area (Å²) in [5.74, 6) is 1.21. The van der Waals surface area contributed by atoms with E-state index in [1.807, 2.05) is 6.07 Å². The largest absolute Gasteiger partial charge is 0.381 e. The second-order valence-electron chi connectivity index (χ2n) is 7.36. The van der Waals surface area contributed by atoms with E-state index < -0.39 is 0 Å². The molecule has 2 heterocycles. The molecule has 0 unspecified atom stereocenters. The Kier molecular flexibility index (Phi) is 7.16. The number of hydrogen-bond acceptors (Lipinski definition) is 4. The summed E-state index contributed by atoms with van der Waals surface area (Å²) in [5.41, 5.74) is 2.29. The number of pyridine rings is 1. The number of halogens is 2. The molecule has 1 aliphatic heterocycles. The van der Waals surface area contributed by atoms with Crippen molar-refractivity contribution in [3.63, 3.8) is 0 Å². The molecule has 0 bridgehead atoms. The van der Waals surface area contributed by atoms with E-state index >= 15 is 0 Å². The molecule has 1 aromatic heterocycles. The molecule has 0 atom stereocenters. The molecule has 150 valence electrons. The lowest BCUT2D eigenvalue weighted by Gasteiger charge is -2.22. The highest BCUT2D eigenvalue weighted by Gasteiger charge is 2.19. The number of benzene rings is 1. The van der Waals surface area contributed by atoms with E-state index in [1.54, 1.807) is 24.4 Å². The van der Waals surface area contributed by atoms with Crippen LogP contribution in [0.4, 0.5) is 11.5 Å². The maximum atomic E-state index is 12.7. The second-order valence-corrected chi connectivity index (χ2v) is 8.23. The minimum atomic E-state index is -0.0833. The van der Waals surface area contributed by atoms with Crippen LogP contribution in [0, 0.1) is 5.92 Å². The standard InChI is InChI=1S/C21H25Cl2N3O2/c1-13(2)18-10-20(26-17-8-15(22)7-16(23)9-17)24-12-19(18)21(27)25-11-14-3-5-28-6-4-14/h7-10,12-14H,3-6,11H2,1-2H3,(H,24,26)(H,25,27). The summed E-state index contributed by atoms with van der Waals surface area (Å²) >= 11 is 12.1. The molecule has 1 aromatic carbocycles. The van der Waals surface area contributed by atoms with Gasteiger partial charge in [-0.25, -0.2) is 4.98 Å². The van der Waals surface area contributed by atoms with Gasteiger partial charge in [-0.15, -0.1) is 0 Å². The van der Waals surface area contributed by atoms with E-state index in [9.17, 15) is 4.79 Å². The fourth-order valence-corrected chi connectivity index (χ4v) is 3.79. The van der Waals surface area contributed by atoms with Gasteiger partial charge in [0.05, 0.1) is 5.56 Å². The number of carbonyl (C=O) groups is 1. The first-order chi connectivity index (χ1) is 13.4. The number of nitrogens with one attached hydrogen (secondary N) is 2. The summed E-state index contributed by atoms with van der Waals surface area (Å²) < 4.78 is 5.37. The highest BCUT2D eigenvalue weighted by molar-refractivity contribution is 6.35. The summed E-state index contributed by atoms with van der Waals surface area (Å²) in [4.78, 5) is 17.1.